The molecule has 0 saturated carbocycles. The predicted molar refractivity (Wildman–Crippen MR) is 93.3 cm³/mol. The molecule has 0 aliphatic carbocycles. The van der Waals surface area contributed by atoms with E-state index in [1.807, 2.05) is 24.3 Å². The van der Waals surface area contributed by atoms with E-state index in [0.29, 0.717) is 17.0 Å². The van der Waals surface area contributed by atoms with Gasteiger partial charge in [-0.05, 0) is 48.5 Å². The van der Waals surface area contributed by atoms with Gasteiger partial charge in [0.25, 0.3) is 5.91 Å². The molecule has 6 heteroatoms. The smallest absolute Gasteiger partial charge is 0.251 e. The van der Waals surface area contributed by atoms with Crippen molar-refractivity contribution in [1.29, 1.82) is 0 Å². The summed E-state index contributed by atoms with van der Waals surface area (Å²) < 4.78 is 1.01. The monoisotopic (exact) mass is 378 g/mol. The van der Waals surface area contributed by atoms with Crippen LogP contribution in [0.2, 0.25) is 0 Å². The Bertz CT molecular complexity index is 657. The van der Waals surface area contributed by atoms with Crippen LogP contribution in [0, 0.1) is 0 Å². The van der Waals surface area contributed by atoms with E-state index < -0.39 is 0 Å². The number of nitrogens with one attached hydrogen (secondary N) is 2. The second-order valence-corrected chi connectivity index (χ2v) is 6.41. The van der Waals surface area contributed by atoms with E-state index in [-0.39, 0.29) is 11.8 Å². The third kappa shape index (κ3) is 4.89. The van der Waals surface area contributed by atoms with Crippen LogP contribution in [0.5, 0.6) is 0 Å². The van der Waals surface area contributed by atoms with Crippen LogP contribution >= 0.6 is 27.7 Å². The van der Waals surface area contributed by atoms with Crippen LogP contribution in [0.25, 0.3) is 0 Å². The predicted octanol–water partition coefficient (Wildman–Crippen LogP) is 3.54. The first-order chi connectivity index (χ1) is 10.6. The van der Waals surface area contributed by atoms with Crippen LogP contribution in [0.4, 0.5) is 5.69 Å². The van der Waals surface area contributed by atoms with Crippen molar-refractivity contribution in [2.24, 2.45) is 0 Å². The molecular formula is C16H15BrN2O2S. The largest absolute Gasteiger partial charge is 0.355 e. The Kier molecular flexibility index (Phi) is 6.03. The number of thioether (sulfide) groups is 1. The minimum atomic E-state index is -0.149. The van der Waals surface area contributed by atoms with Crippen molar-refractivity contribution in [2.45, 2.75) is 4.90 Å². The highest BCUT2D eigenvalue weighted by molar-refractivity contribution is 9.10. The Morgan fingerprint density at radius 2 is 1.68 bits per heavy atom. The van der Waals surface area contributed by atoms with E-state index in [2.05, 4.69) is 26.6 Å². The summed E-state index contributed by atoms with van der Waals surface area (Å²) in [6.45, 7) is 0. The summed E-state index contributed by atoms with van der Waals surface area (Å²) in [6.07, 6.45) is 0. The van der Waals surface area contributed by atoms with Gasteiger partial charge in [0.1, 0.15) is 0 Å². The fraction of sp³-hybridized carbons (Fsp3) is 0.125. The Morgan fingerprint density at radius 1 is 1.05 bits per heavy atom. The van der Waals surface area contributed by atoms with Gasteiger partial charge in [0.15, 0.2) is 0 Å². The van der Waals surface area contributed by atoms with Crippen molar-refractivity contribution >= 4 is 45.2 Å². The molecule has 0 aromatic heterocycles. The van der Waals surface area contributed by atoms with E-state index in [1.165, 1.54) is 11.8 Å². The van der Waals surface area contributed by atoms with Crippen molar-refractivity contribution < 1.29 is 9.59 Å². The van der Waals surface area contributed by atoms with Gasteiger partial charge in [-0.25, -0.2) is 0 Å². The van der Waals surface area contributed by atoms with Gasteiger partial charge in [0, 0.05) is 27.7 Å². The van der Waals surface area contributed by atoms with Crippen molar-refractivity contribution in [3.8, 4) is 0 Å². The molecule has 2 aromatic carbocycles. The number of benzene rings is 2. The third-order valence-corrected chi connectivity index (χ3v) is 4.38. The zero-order valence-corrected chi connectivity index (χ0v) is 14.3. The maximum atomic E-state index is 11.9. The standard InChI is InChI=1S/C16H15BrN2O2S/c1-18-16(21)11-2-6-13(7-3-11)19-15(20)10-22-14-8-4-12(17)5-9-14/h2-9H,10H2,1H3,(H,18,21)(H,19,20). The number of carbonyl (C=O) groups is 2. The average Bonchev–Trinajstić information content (AvgIpc) is 2.54. The summed E-state index contributed by atoms with van der Waals surface area (Å²) >= 11 is 4.84. The first-order valence-corrected chi connectivity index (χ1v) is 8.36. The van der Waals surface area contributed by atoms with E-state index in [1.54, 1.807) is 31.3 Å². The molecular weight excluding hydrogens is 364 g/mol. The molecule has 0 aliphatic heterocycles. The number of halogens is 1. The number of hydrogen-bond donors (Lipinski definition) is 2. The fourth-order valence-corrected chi connectivity index (χ4v) is 2.69. The Morgan fingerprint density at radius 3 is 2.27 bits per heavy atom. The molecule has 2 N–H and O–H groups in total. The van der Waals surface area contributed by atoms with Crippen LogP contribution in [-0.2, 0) is 4.79 Å². The quantitative estimate of drug-likeness (QED) is 0.782. The molecule has 0 heterocycles. The molecule has 0 atom stereocenters. The maximum Gasteiger partial charge on any atom is 0.251 e. The average molecular weight is 379 g/mol. The zero-order valence-electron chi connectivity index (χ0n) is 11.9. The molecule has 0 fully saturated rings. The topological polar surface area (TPSA) is 58.2 Å². The zero-order chi connectivity index (χ0) is 15.9. The summed E-state index contributed by atoms with van der Waals surface area (Å²) in [5.74, 6) is 0.100. The van der Waals surface area contributed by atoms with Gasteiger partial charge >= 0.3 is 0 Å². The molecule has 0 saturated heterocycles. The van der Waals surface area contributed by atoms with E-state index >= 15 is 0 Å². The van der Waals surface area contributed by atoms with Gasteiger partial charge in [0.05, 0.1) is 5.75 Å². The fourth-order valence-electron chi connectivity index (χ4n) is 1.73. The van der Waals surface area contributed by atoms with Crippen molar-refractivity contribution in [2.75, 3.05) is 18.1 Å². The molecule has 22 heavy (non-hydrogen) atoms. The lowest BCUT2D eigenvalue weighted by molar-refractivity contribution is -0.113. The summed E-state index contributed by atoms with van der Waals surface area (Å²) in [5, 5.41) is 5.36. The van der Waals surface area contributed by atoms with E-state index in [9.17, 15) is 9.59 Å². The molecule has 0 unspecified atom stereocenters. The van der Waals surface area contributed by atoms with Crippen LogP contribution in [0.15, 0.2) is 57.9 Å². The molecule has 0 radical (unpaired) electrons. The summed E-state index contributed by atoms with van der Waals surface area (Å²) in [7, 11) is 1.58. The van der Waals surface area contributed by atoms with Crippen LogP contribution < -0.4 is 10.6 Å². The third-order valence-electron chi connectivity index (χ3n) is 2.84. The van der Waals surface area contributed by atoms with Crippen LogP contribution in [0.3, 0.4) is 0 Å². The first-order valence-electron chi connectivity index (χ1n) is 6.59. The molecule has 0 spiro atoms. The van der Waals surface area contributed by atoms with Crippen LogP contribution in [0.1, 0.15) is 10.4 Å². The Balaban J connectivity index is 1.86. The molecule has 4 nitrogen and oxygen atoms in total. The van der Waals surface area contributed by atoms with E-state index in [4.69, 9.17) is 0 Å². The van der Waals surface area contributed by atoms with Gasteiger partial charge < -0.3 is 10.6 Å². The summed E-state index contributed by atoms with van der Waals surface area (Å²) in [5.41, 5.74) is 1.23. The van der Waals surface area contributed by atoms with Crippen molar-refractivity contribution in [1.82, 2.24) is 5.32 Å². The molecule has 2 rings (SSSR count). The molecule has 0 aliphatic rings. The lowest BCUT2D eigenvalue weighted by Gasteiger charge is -2.06. The minimum Gasteiger partial charge on any atom is -0.355 e. The second kappa shape index (κ2) is 8.00. The van der Waals surface area contributed by atoms with Gasteiger partial charge in [-0.3, -0.25) is 9.59 Å². The van der Waals surface area contributed by atoms with Gasteiger partial charge in [-0.15, -0.1) is 11.8 Å². The number of hydrogen-bond acceptors (Lipinski definition) is 3. The van der Waals surface area contributed by atoms with Gasteiger partial charge in [0.2, 0.25) is 5.91 Å². The number of anilines is 1. The molecule has 2 amide bonds. The molecule has 0 bridgehead atoms. The van der Waals surface area contributed by atoms with Gasteiger partial charge in [-0.2, -0.15) is 0 Å². The summed E-state index contributed by atoms with van der Waals surface area (Å²) in [6, 6.07) is 14.6. The maximum absolute atomic E-state index is 11.9. The lowest BCUT2D eigenvalue weighted by Crippen LogP contribution is -2.18. The summed E-state index contributed by atoms with van der Waals surface area (Å²) in [4.78, 5) is 24.4. The minimum absolute atomic E-state index is 0.0828. The van der Waals surface area contributed by atoms with E-state index in [0.717, 1.165) is 9.37 Å². The highest BCUT2D eigenvalue weighted by Crippen LogP contribution is 2.20. The lowest BCUT2D eigenvalue weighted by atomic mass is 10.2. The number of rotatable bonds is 5. The molecule has 114 valence electrons. The normalized spacial score (nSPS) is 10.1. The van der Waals surface area contributed by atoms with Gasteiger partial charge in [-0.1, -0.05) is 15.9 Å². The highest BCUT2D eigenvalue weighted by atomic mass is 79.9. The highest BCUT2D eigenvalue weighted by Gasteiger charge is 2.06. The Hall–Kier alpha value is -1.79. The van der Waals surface area contributed by atoms with Crippen molar-refractivity contribution in [3.05, 3.63) is 58.6 Å². The number of carbonyl (C=O) groups excluding carboxylic acids is 2. The molecule has 2 aromatic rings. The number of amides is 2. The van der Waals surface area contributed by atoms with Crippen molar-refractivity contribution in [3.63, 3.8) is 0 Å². The van der Waals surface area contributed by atoms with Crippen LogP contribution in [-0.4, -0.2) is 24.6 Å². The second-order valence-electron chi connectivity index (χ2n) is 4.45. The Labute approximate surface area is 141 Å². The first kappa shape index (κ1) is 16.6. The SMILES string of the molecule is CNC(=O)c1ccc(NC(=O)CSc2ccc(Br)cc2)cc1.